The molecule has 0 saturated carbocycles. The highest BCUT2D eigenvalue weighted by molar-refractivity contribution is 6.30. The molecule has 5 heteroatoms. The number of hydrogen-bond donors (Lipinski definition) is 0. The number of benzene rings is 2. The average Bonchev–Trinajstić information content (AvgIpc) is 2.99. The normalized spacial score (nSPS) is 10.6. The van der Waals surface area contributed by atoms with Crippen molar-refractivity contribution in [2.45, 2.75) is 20.3 Å². The zero-order chi connectivity index (χ0) is 17.1. The van der Waals surface area contributed by atoms with E-state index in [4.69, 9.17) is 16.3 Å². The van der Waals surface area contributed by atoms with Gasteiger partial charge in [-0.25, -0.2) is 9.48 Å². The van der Waals surface area contributed by atoms with Crippen LogP contribution in [-0.4, -0.2) is 15.7 Å². The van der Waals surface area contributed by atoms with Crippen LogP contribution in [0.1, 0.15) is 28.5 Å². The molecule has 3 aromatic rings. The van der Waals surface area contributed by atoms with Gasteiger partial charge in [-0.15, -0.1) is 0 Å². The molecule has 3 rings (SSSR count). The second-order valence-electron chi connectivity index (χ2n) is 5.42. The molecule has 1 aromatic heterocycles. The molecule has 0 atom stereocenters. The number of aryl methyl sites for hydroxylation is 2. The van der Waals surface area contributed by atoms with Crippen molar-refractivity contribution in [2.75, 3.05) is 0 Å². The van der Waals surface area contributed by atoms with Crippen LogP contribution in [0.15, 0.2) is 54.6 Å². The second kappa shape index (κ2) is 6.89. The van der Waals surface area contributed by atoms with Crippen molar-refractivity contribution in [2.24, 2.45) is 0 Å². The van der Waals surface area contributed by atoms with Crippen LogP contribution in [0.5, 0.6) is 5.88 Å². The quantitative estimate of drug-likeness (QED) is 0.651. The maximum atomic E-state index is 12.5. The first-order chi connectivity index (χ1) is 11.6. The van der Waals surface area contributed by atoms with Gasteiger partial charge in [0.25, 0.3) is 0 Å². The van der Waals surface area contributed by atoms with Crippen LogP contribution in [0.4, 0.5) is 0 Å². The number of esters is 1. The van der Waals surface area contributed by atoms with E-state index >= 15 is 0 Å². The van der Waals surface area contributed by atoms with Gasteiger partial charge >= 0.3 is 5.97 Å². The van der Waals surface area contributed by atoms with Crippen molar-refractivity contribution >= 4 is 17.6 Å². The average molecular weight is 341 g/mol. The van der Waals surface area contributed by atoms with Crippen LogP contribution < -0.4 is 4.74 Å². The standard InChI is InChI=1S/C19H17ClN2O2/c1-3-15-12-18(22(21-15)16-10-8-14(20)9-11-16)24-19(23)17-7-5-4-6-13(17)2/h4-12H,3H2,1-2H3. The number of hydrogen-bond acceptors (Lipinski definition) is 3. The molecule has 0 aliphatic rings. The first-order valence-corrected chi connectivity index (χ1v) is 8.09. The van der Waals surface area contributed by atoms with Crippen LogP contribution in [0.3, 0.4) is 0 Å². The van der Waals surface area contributed by atoms with E-state index in [1.54, 1.807) is 28.9 Å². The summed E-state index contributed by atoms with van der Waals surface area (Å²) in [5.74, 6) is -0.00621. The third-order valence-corrected chi connectivity index (χ3v) is 3.97. The van der Waals surface area contributed by atoms with Crippen molar-refractivity contribution < 1.29 is 9.53 Å². The SMILES string of the molecule is CCc1cc(OC(=O)c2ccccc2C)n(-c2ccc(Cl)cc2)n1. The van der Waals surface area contributed by atoms with Gasteiger partial charge in [0.2, 0.25) is 5.88 Å². The summed E-state index contributed by atoms with van der Waals surface area (Å²) >= 11 is 5.94. The number of halogens is 1. The molecule has 0 saturated heterocycles. The largest absolute Gasteiger partial charge is 0.404 e. The smallest absolute Gasteiger partial charge is 0.345 e. The van der Waals surface area contributed by atoms with E-state index in [0.29, 0.717) is 16.5 Å². The van der Waals surface area contributed by atoms with Crippen LogP contribution in [-0.2, 0) is 6.42 Å². The minimum Gasteiger partial charge on any atom is -0.404 e. The van der Waals surface area contributed by atoms with Gasteiger partial charge < -0.3 is 4.74 Å². The Kier molecular flexibility index (Phi) is 4.67. The van der Waals surface area contributed by atoms with E-state index in [1.807, 2.05) is 44.2 Å². The maximum absolute atomic E-state index is 12.5. The van der Waals surface area contributed by atoms with Crippen molar-refractivity contribution in [3.05, 3.63) is 76.4 Å². The van der Waals surface area contributed by atoms with Crippen molar-refractivity contribution in [1.82, 2.24) is 9.78 Å². The Labute approximate surface area is 145 Å². The van der Waals surface area contributed by atoms with Gasteiger partial charge in [0.05, 0.1) is 16.9 Å². The van der Waals surface area contributed by atoms with Crippen LogP contribution >= 0.6 is 11.6 Å². The lowest BCUT2D eigenvalue weighted by Gasteiger charge is -2.09. The number of nitrogens with zero attached hydrogens (tertiary/aromatic N) is 2. The van der Waals surface area contributed by atoms with E-state index in [9.17, 15) is 4.79 Å². The predicted octanol–water partition coefficient (Wildman–Crippen LogP) is 4.62. The maximum Gasteiger partial charge on any atom is 0.345 e. The summed E-state index contributed by atoms with van der Waals surface area (Å²) in [6.45, 7) is 3.88. The summed E-state index contributed by atoms with van der Waals surface area (Å²) in [4.78, 5) is 12.5. The molecule has 0 aliphatic heterocycles. The van der Waals surface area contributed by atoms with Crippen LogP contribution in [0.25, 0.3) is 5.69 Å². The lowest BCUT2D eigenvalue weighted by molar-refractivity contribution is 0.0722. The summed E-state index contributed by atoms with van der Waals surface area (Å²) in [5.41, 5.74) is 3.04. The molecule has 0 bridgehead atoms. The molecule has 0 fully saturated rings. The summed E-state index contributed by atoms with van der Waals surface area (Å²) in [6.07, 6.45) is 0.746. The van der Waals surface area contributed by atoms with E-state index in [-0.39, 0.29) is 0 Å². The first-order valence-electron chi connectivity index (χ1n) is 7.71. The molecule has 0 unspecified atom stereocenters. The van der Waals surface area contributed by atoms with Gasteiger partial charge in [-0.05, 0) is 49.2 Å². The number of ether oxygens (including phenoxy) is 1. The van der Waals surface area contributed by atoms with E-state index in [2.05, 4.69) is 5.10 Å². The van der Waals surface area contributed by atoms with Gasteiger partial charge in [0.1, 0.15) is 0 Å². The molecule has 1 heterocycles. The zero-order valence-corrected chi connectivity index (χ0v) is 14.2. The Hall–Kier alpha value is -2.59. The topological polar surface area (TPSA) is 44.1 Å². The van der Waals surface area contributed by atoms with Crippen molar-refractivity contribution in [1.29, 1.82) is 0 Å². The molecule has 4 nitrogen and oxygen atoms in total. The molecular weight excluding hydrogens is 324 g/mol. The minimum absolute atomic E-state index is 0.391. The first kappa shape index (κ1) is 16.3. The fourth-order valence-corrected chi connectivity index (χ4v) is 2.50. The molecule has 122 valence electrons. The summed E-state index contributed by atoms with van der Waals surface area (Å²) in [6, 6.07) is 16.3. The third-order valence-electron chi connectivity index (χ3n) is 3.72. The number of aromatic nitrogens is 2. The summed E-state index contributed by atoms with van der Waals surface area (Å²) < 4.78 is 7.22. The Morgan fingerprint density at radius 2 is 1.88 bits per heavy atom. The summed E-state index contributed by atoms with van der Waals surface area (Å²) in [5, 5.41) is 5.13. The minimum atomic E-state index is -0.397. The highest BCUT2D eigenvalue weighted by atomic mass is 35.5. The van der Waals surface area contributed by atoms with Crippen molar-refractivity contribution in [3.63, 3.8) is 0 Å². The number of carbonyl (C=O) groups excluding carboxylic acids is 1. The van der Waals surface area contributed by atoms with Crippen molar-refractivity contribution in [3.8, 4) is 11.6 Å². The molecule has 0 amide bonds. The lowest BCUT2D eigenvalue weighted by Crippen LogP contribution is -2.13. The van der Waals surface area contributed by atoms with E-state index in [1.165, 1.54) is 0 Å². The van der Waals surface area contributed by atoms with Gasteiger partial charge in [-0.3, -0.25) is 0 Å². The Morgan fingerprint density at radius 1 is 1.17 bits per heavy atom. The molecule has 24 heavy (non-hydrogen) atoms. The molecule has 0 aliphatic carbocycles. The number of rotatable bonds is 4. The Morgan fingerprint density at radius 3 is 2.54 bits per heavy atom. The highest BCUT2D eigenvalue weighted by Crippen LogP contribution is 2.23. The van der Waals surface area contributed by atoms with Gasteiger partial charge in [-0.1, -0.05) is 36.7 Å². The Balaban J connectivity index is 1.96. The zero-order valence-electron chi connectivity index (χ0n) is 13.5. The fourth-order valence-electron chi connectivity index (χ4n) is 2.37. The molecule has 2 aromatic carbocycles. The van der Waals surface area contributed by atoms with Crippen LogP contribution in [0.2, 0.25) is 5.02 Å². The number of carbonyl (C=O) groups is 1. The van der Waals surface area contributed by atoms with E-state index in [0.717, 1.165) is 23.4 Å². The van der Waals surface area contributed by atoms with Gasteiger partial charge in [0.15, 0.2) is 0 Å². The molecule has 0 N–H and O–H groups in total. The Bertz CT molecular complexity index is 869. The molecule has 0 radical (unpaired) electrons. The fraction of sp³-hybridized carbons (Fsp3) is 0.158. The summed E-state index contributed by atoms with van der Waals surface area (Å²) in [7, 11) is 0. The molecular formula is C19H17ClN2O2. The third kappa shape index (κ3) is 3.34. The lowest BCUT2D eigenvalue weighted by atomic mass is 10.1. The van der Waals surface area contributed by atoms with E-state index < -0.39 is 5.97 Å². The predicted molar refractivity (Wildman–Crippen MR) is 94.1 cm³/mol. The van der Waals surface area contributed by atoms with Crippen LogP contribution in [0, 0.1) is 6.92 Å². The molecule has 0 spiro atoms. The van der Waals surface area contributed by atoms with Gasteiger partial charge in [-0.2, -0.15) is 5.10 Å². The monoisotopic (exact) mass is 340 g/mol. The second-order valence-corrected chi connectivity index (χ2v) is 5.86. The van der Waals surface area contributed by atoms with Gasteiger partial charge in [0, 0.05) is 11.1 Å². The highest BCUT2D eigenvalue weighted by Gasteiger charge is 2.16.